The van der Waals surface area contributed by atoms with E-state index >= 15 is 0 Å². The highest BCUT2D eigenvalue weighted by atomic mass is 16.3. The van der Waals surface area contributed by atoms with Gasteiger partial charge < -0.3 is 10.4 Å². The molecule has 2 N–H and O–H groups in total. The first-order valence-corrected chi connectivity index (χ1v) is 6.68. The summed E-state index contributed by atoms with van der Waals surface area (Å²) >= 11 is 0. The molecular formula is C16H19NO2. The van der Waals surface area contributed by atoms with Crippen LogP contribution < -0.4 is 5.32 Å². The molecule has 3 nitrogen and oxygen atoms in total. The van der Waals surface area contributed by atoms with Gasteiger partial charge in [-0.05, 0) is 41.3 Å². The Morgan fingerprint density at radius 2 is 2.11 bits per heavy atom. The van der Waals surface area contributed by atoms with Crippen LogP contribution in [-0.4, -0.2) is 17.6 Å². The minimum Gasteiger partial charge on any atom is -0.508 e. The lowest BCUT2D eigenvalue weighted by molar-refractivity contribution is -0.121. The molecule has 19 heavy (non-hydrogen) atoms. The lowest BCUT2D eigenvalue weighted by Gasteiger charge is -2.08. The van der Waals surface area contributed by atoms with Crippen LogP contribution in [-0.2, 0) is 11.2 Å². The molecule has 0 spiro atoms. The second-order valence-corrected chi connectivity index (χ2v) is 4.67. The summed E-state index contributed by atoms with van der Waals surface area (Å²) in [5, 5.41) is 14.6. The summed E-state index contributed by atoms with van der Waals surface area (Å²) in [6.07, 6.45) is 2.22. The summed E-state index contributed by atoms with van der Waals surface area (Å²) in [5.74, 6) is 0.376. The third-order valence-electron chi connectivity index (χ3n) is 3.15. The van der Waals surface area contributed by atoms with E-state index in [1.165, 1.54) is 0 Å². The van der Waals surface area contributed by atoms with Gasteiger partial charge in [0.1, 0.15) is 5.75 Å². The van der Waals surface area contributed by atoms with Crippen LogP contribution in [0.25, 0.3) is 10.8 Å². The molecule has 100 valence electrons. The number of carbonyl (C=O) groups excluding carboxylic acids is 1. The van der Waals surface area contributed by atoms with Crippen LogP contribution in [0.4, 0.5) is 0 Å². The third-order valence-corrected chi connectivity index (χ3v) is 3.15. The van der Waals surface area contributed by atoms with Crippen LogP contribution in [0, 0.1) is 0 Å². The minimum atomic E-state index is 0.102. The summed E-state index contributed by atoms with van der Waals surface area (Å²) in [6.45, 7) is 2.63. The Morgan fingerprint density at radius 1 is 1.26 bits per heavy atom. The van der Waals surface area contributed by atoms with Gasteiger partial charge in [-0.1, -0.05) is 31.2 Å². The predicted octanol–water partition coefficient (Wildman–Crippen LogP) is 3.00. The fraction of sp³-hybridized carbons (Fsp3) is 0.312. The van der Waals surface area contributed by atoms with Crippen molar-refractivity contribution < 1.29 is 9.90 Å². The Bertz CT molecular complexity index is 578. The van der Waals surface area contributed by atoms with Crippen molar-refractivity contribution in [3.63, 3.8) is 0 Å². The average Bonchev–Trinajstić information content (AvgIpc) is 2.39. The van der Waals surface area contributed by atoms with E-state index in [1.54, 1.807) is 12.1 Å². The van der Waals surface area contributed by atoms with Crippen molar-refractivity contribution in [2.45, 2.75) is 26.2 Å². The highest BCUT2D eigenvalue weighted by molar-refractivity contribution is 5.87. The zero-order valence-electron chi connectivity index (χ0n) is 11.1. The van der Waals surface area contributed by atoms with Gasteiger partial charge in [0.05, 0.1) is 0 Å². The standard InChI is InChI=1S/C16H19NO2/c1-2-4-16(19)17-10-9-13-6-3-5-12-7-8-14(18)11-15(12)13/h3,5-8,11,18H,2,4,9-10H2,1H3,(H,17,19). The molecule has 0 aromatic heterocycles. The van der Waals surface area contributed by atoms with Crippen LogP contribution in [0.2, 0.25) is 0 Å². The van der Waals surface area contributed by atoms with Crippen LogP contribution in [0.1, 0.15) is 25.3 Å². The maximum Gasteiger partial charge on any atom is 0.219 e. The fourth-order valence-corrected chi connectivity index (χ4v) is 2.20. The Morgan fingerprint density at radius 3 is 2.89 bits per heavy atom. The van der Waals surface area contributed by atoms with E-state index in [2.05, 4.69) is 5.32 Å². The van der Waals surface area contributed by atoms with Crippen LogP contribution in [0.3, 0.4) is 0 Å². The maximum absolute atomic E-state index is 11.4. The van der Waals surface area contributed by atoms with Crippen LogP contribution in [0.5, 0.6) is 5.75 Å². The molecule has 2 aromatic carbocycles. The van der Waals surface area contributed by atoms with Crippen molar-refractivity contribution in [1.29, 1.82) is 0 Å². The smallest absolute Gasteiger partial charge is 0.219 e. The first kappa shape index (κ1) is 13.4. The van der Waals surface area contributed by atoms with E-state index in [-0.39, 0.29) is 11.7 Å². The summed E-state index contributed by atoms with van der Waals surface area (Å²) < 4.78 is 0. The molecule has 0 aliphatic heterocycles. The van der Waals surface area contributed by atoms with Crippen molar-refractivity contribution in [2.24, 2.45) is 0 Å². The van der Waals surface area contributed by atoms with E-state index < -0.39 is 0 Å². The minimum absolute atomic E-state index is 0.102. The quantitative estimate of drug-likeness (QED) is 0.865. The van der Waals surface area contributed by atoms with Gasteiger partial charge in [-0.2, -0.15) is 0 Å². The van der Waals surface area contributed by atoms with E-state index in [0.29, 0.717) is 13.0 Å². The number of carbonyl (C=O) groups is 1. The van der Waals surface area contributed by atoms with Gasteiger partial charge in [-0.3, -0.25) is 4.79 Å². The number of rotatable bonds is 5. The number of fused-ring (bicyclic) bond motifs is 1. The molecule has 0 bridgehead atoms. The highest BCUT2D eigenvalue weighted by Gasteiger charge is 2.03. The van der Waals surface area contributed by atoms with Gasteiger partial charge in [0, 0.05) is 13.0 Å². The Balaban J connectivity index is 2.08. The lowest BCUT2D eigenvalue weighted by Crippen LogP contribution is -2.25. The molecule has 2 aromatic rings. The SMILES string of the molecule is CCCC(=O)NCCc1cccc2ccc(O)cc12. The van der Waals surface area contributed by atoms with Crippen molar-refractivity contribution in [3.8, 4) is 5.75 Å². The Labute approximate surface area is 113 Å². The molecule has 0 aliphatic rings. The third kappa shape index (κ3) is 3.47. The largest absolute Gasteiger partial charge is 0.508 e. The second kappa shape index (κ2) is 6.23. The van der Waals surface area contributed by atoms with Gasteiger partial charge in [0.15, 0.2) is 0 Å². The first-order valence-electron chi connectivity index (χ1n) is 6.68. The molecule has 2 rings (SSSR count). The van der Waals surface area contributed by atoms with Crippen molar-refractivity contribution in [2.75, 3.05) is 6.54 Å². The monoisotopic (exact) mass is 257 g/mol. The summed E-state index contributed by atoms with van der Waals surface area (Å²) in [4.78, 5) is 11.4. The molecular weight excluding hydrogens is 238 g/mol. The maximum atomic E-state index is 11.4. The van der Waals surface area contributed by atoms with Crippen molar-refractivity contribution in [1.82, 2.24) is 5.32 Å². The number of nitrogens with one attached hydrogen (secondary N) is 1. The van der Waals surface area contributed by atoms with Crippen LogP contribution >= 0.6 is 0 Å². The Kier molecular flexibility index (Phi) is 4.39. The molecule has 3 heteroatoms. The fourth-order valence-electron chi connectivity index (χ4n) is 2.20. The molecule has 1 amide bonds. The average molecular weight is 257 g/mol. The number of hydrogen-bond acceptors (Lipinski definition) is 2. The van der Waals surface area contributed by atoms with E-state index in [1.807, 2.05) is 31.2 Å². The number of hydrogen-bond donors (Lipinski definition) is 2. The van der Waals surface area contributed by atoms with Gasteiger partial charge in [-0.25, -0.2) is 0 Å². The van der Waals surface area contributed by atoms with E-state index in [9.17, 15) is 9.90 Å². The van der Waals surface area contributed by atoms with Gasteiger partial charge in [-0.15, -0.1) is 0 Å². The zero-order chi connectivity index (χ0) is 13.7. The van der Waals surface area contributed by atoms with Crippen LogP contribution in [0.15, 0.2) is 36.4 Å². The van der Waals surface area contributed by atoms with Crippen molar-refractivity contribution in [3.05, 3.63) is 42.0 Å². The molecule has 0 atom stereocenters. The van der Waals surface area contributed by atoms with E-state index in [4.69, 9.17) is 0 Å². The summed E-state index contributed by atoms with van der Waals surface area (Å²) in [5.41, 5.74) is 1.14. The normalized spacial score (nSPS) is 10.6. The summed E-state index contributed by atoms with van der Waals surface area (Å²) in [7, 11) is 0. The lowest BCUT2D eigenvalue weighted by atomic mass is 10.0. The molecule has 0 saturated heterocycles. The molecule has 0 fully saturated rings. The first-order chi connectivity index (χ1) is 9.20. The Hall–Kier alpha value is -2.03. The number of amides is 1. The molecule has 0 aliphatic carbocycles. The molecule has 0 heterocycles. The van der Waals surface area contributed by atoms with Gasteiger partial charge in [0.2, 0.25) is 5.91 Å². The molecule has 0 saturated carbocycles. The summed E-state index contributed by atoms with van der Waals surface area (Å²) in [6, 6.07) is 11.4. The number of phenolic OH excluding ortho intramolecular Hbond substituents is 1. The second-order valence-electron chi connectivity index (χ2n) is 4.67. The van der Waals surface area contributed by atoms with Gasteiger partial charge in [0.25, 0.3) is 0 Å². The molecule has 0 radical (unpaired) electrons. The highest BCUT2D eigenvalue weighted by Crippen LogP contribution is 2.23. The van der Waals surface area contributed by atoms with Crippen molar-refractivity contribution >= 4 is 16.7 Å². The van der Waals surface area contributed by atoms with E-state index in [0.717, 1.165) is 29.2 Å². The number of benzene rings is 2. The molecule has 0 unspecified atom stereocenters. The van der Waals surface area contributed by atoms with Gasteiger partial charge >= 0.3 is 0 Å². The topological polar surface area (TPSA) is 49.3 Å². The zero-order valence-corrected chi connectivity index (χ0v) is 11.1. The predicted molar refractivity (Wildman–Crippen MR) is 77.2 cm³/mol. The number of phenols is 1. The number of aromatic hydroxyl groups is 1.